The van der Waals surface area contributed by atoms with Gasteiger partial charge in [-0.2, -0.15) is 0 Å². The van der Waals surface area contributed by atoms with Gasteiger partial charge in [-0.15, -0.1) is 0 Å². The van der Waals surface area contributed by atoms with Crippen molar-refractivity contribution in [1.29, 1.82) is 5.41 Å². The van der Waals surface area contributed by atoms with Gasteiger partial charge in [-0.1, -0.05) is 0 Å². The smallest absolute Gasteiger partial charge is 0.328 e. The molecule has 0 heterocycles. The first-order chi connectivity index (χ1) is 9.40. The number of Topliss-reactive ketones (excluding diaryl/α,β-unsaturated/α-hetero) is 1. The molecule has 0 saturated heterocycles. The molecule has 7 nitrogen and oxygen atoms in total. The van der Waals surface area contributed by atoms with E-state index in [0.717, 1.165) is 0 Å². The molecule has 2 N–H and O–H groups in total. The summed E-state index contributed by atoms with van der Waals surface area (Å²) in [5.74, 6) is -1.33. The standard InChI is InChI=1S/C13H22N2O5/c1-9(2)20-13(18)11(5-4-10(16)8-14)15-12(17)6-7-19-3/h8-9,11,14H,4-7H2,1-3H3,(H,15,17)/t11-/m0/s1. The van der Waals surface area contributed by atoms with Crippen molar-refractivity contribution in [2.45, 2.75) is 45.3 Å². The van der Waals surface area contributed by atoms with E-state index in [1.165, 1.54) is 7.11 Å². The van der Waals surface area contributed by atoms with E-state index in [4.69, 9.17) is 14.9 Å². The van der Waals surface area contributed by atoms with Crippen LogP contribution >= 0.6 is 0 Å². The first-order valence-corrected chi connectivity index (χ1v) is 6.42. The van der Waals surface area contributed by atoms with Crippen LogP contribution in [0.25, 0.3) is 0 Å². The molecular weight excluding hydrogens is 264 g/mol. The first kappa shape index (κ1) is 18.2. The Hall–Kier alpha value is -1.76. The van der Waals surface area contributed by atoms with Gasteiger partial charge in [0, 0.05) is 20.0 Å². The van der Waals surface area contributed by atoms with Gasteiger partial charge >= 0.3 is 5.97 Å². The molecule has 1 amide bonds. The lowest BCUT2D eigenvalue weighted by Gasteiger charge is -2.18. The highest BCUT2D eigenvalue weighted by Gasteiger charge is 2.23. The molecule has 0 unspecified atom stereocenters. The van der Waals surface area contributed by atoms with Gasteiger partial charge in [-0.25, -0.2) is 4.79 Å². The lowest BCUT2D eigenvalue weighted by atomic mass is 10.1. The highest BCUT2D eigenvalue weighted by Crippen LogP contribution is 2.03. The van der Waals surface area contributed by atoms with E-state index in [2.05, 4.69) is 5.32 Å². The summed E-state index contributed by atoms with van der Waals surface area (Å²) in [5, 5.41) is 9.33. The Morgan fingerprint density at radius 3 is 2.40 bits per heavy atom. The maximum absolute atomic E-state index is 11.8. The fourth-order valence-corrected chi connectivity index (χ4v) is 1.38. The van der Waals surface area contributed by atoms with E-state index in [-0.39, 0.29) is 37.9 Å². The van der Waals surface area contributed by atoms with Crippen LogP contribution in [0.3, 0.4) is 0 Å². The fourth-order valence-electron chi connectivity index (χ4n) is 1.38. The van der Waals surface area contributed by atoms with Crippen molar-refractivity contribution in [3.63, 3.8) is 0 Å². The molecule has 114 valence electrons. The number of nitrogens with one attached hydrogen (secondary N) is 2. The van der Waals surface area contributed by atoms with Crippen molar-refractivity contribution in [3.05, 3.63) is 0 Å². The molecule has 1 atom stereocenters. The molecule has 0 radical (unpaired) electrons. The van der Waals surface area contributed by atoms with Crippen LogP contribution in [0.1, 0.15) is 33.1 Å². The zero-order valence-electron chi connectivity index (χ0n) is 12.1. The van der Waals surface area contributed by atoms with Crippen molar-refractivity contribution in [3.8, 4) is 0 Å². The number of ketones is 1. The number of ether oxygens (including phenoxy) is 2. The van der Waals surface area contributed by atoms with Crippen molar-refractivity contribution in [2.75, 3.05) is 13.7 Å². The van der Waals surface area contributed by atoms with Crippen LogP contribution in [-0.4, -0.2) is 49.7 Å². The van der Waals surface area contributed by atoms with Gasteiger partial charge in [-0.05, 0) is 20.3 Å². The molecular formula is C13H22N2O5. The number of carbonyl (C=O) groups is 3. The molecule has 0 aromatic rings. The van der Waals surface area contributed by atoms with Gasteiger partial charge in [-0.3, -0.25) is 9.59 Å². The monoisotopic (exact) mass is 286 g/mol. The second-order valence-electron chi connectivity index (χ2n) is 4.50. The molecule has 0 bridgehead atoms. The Bertz CT molecular complexity index is 355. The molecule has 0 aromatic carbocycles. The highest BCUT2D eigenvalue weighted by atomic mass is 16.5. The van der Waals surface area contributed by atoms with E-state index in [9.17, 15) is 14.4 Å². The number of hydrogen-bond acceptors (Lipinski definition) is 6. The minimum atomic E-state index is -0.884. The third-order valence-corrected chi connectivity index (χ3v) is 2.35. The largest absolute Gasteiger partial charge is 0.461 e. The topological polar surface area (TPSA) is 106 Å². The lowest BCUT2D eigenvalue weighted by Crippen LogP contribution is -2.43. The van der Waals surface area contributed by atoms with Crippen molar-refractivity contribution < 1.29 is 23.9 Å². The number of carbonyl (C=O) groups excluding carboxylic acids is 3. The number of hydrogen-bond donors (Lipinski definition) is 2. The SMILES string of the molecule is COCCC(=O)N[C@@H](CCC(=O)C=N)C(=O)OC(C)C. The molecule has 20 heavy (non-hydrogen) atoms. The number of rotatable bonds is 10. The van der Waals surface area contributed by atoms with Crippen LogP contribution in [0.15, 0.2) is 0 Å². The van der Waals surface area contributed by atoms with Gasteiger partial charge in [0.15, 0.2) is 5.78 Å². The quantitative estimate of drug-likeness (QED) is 0.448. The van der Waals surface area contributed by atoms with Gasteiger partial charge in [0.1, 0.15) is 6.04 Å². The number of amides is 1. The van der Waals surface area contributed by atoms with E-state index >= 15 is 0 Å². The predicted octanol–water partition coefficient (Wildman–Crippen LogP) is 0.458. The molecule has 0 spiro atoms. The maximum atomic E-state index is 11.8. The second-order valence-corrected chi connectivity index (χ2v) is 4.50. The van der Waals surface area contributed by atoms with Crippen LogP contribution in [0, 0.1) is 5.41 Å². The Morgan fingerprint density at radius 2 is 1.90 bits per heavy atom. The molecule has 0 aliphatic heterocycles. The minimum Gasteiger partial charge on any atom is -0.461 e. The van der Waals surface area contributed by atoms with Gasteiger partial charge in [0.25, 0.3) is 0 Å². The van der Waals surface area contributed by atoms with Crippen LogP contribution < -0.4 is 5.32 Å². The Morgan fingerprint density at radius 1 is 1.25 bits per heavy atom. The summed E-state index contributed by atoms with van der Waals surface area (Å²) in [6, 6.07) is -0.884. The van der Waals surface area contributed by atoms with Crippen LogP contribution in [-0.2, 0) is 23.9 Å². The van der Waals surface area contributed by atoms with Crippen molar-refractivity contribution in [1.82, 2.24) is 5.32 Å². The number of esters is 1. The summed E-state index contributed by atoms with van der Waals surface area (Å²) in [6.45, 7) is 3.64. The van der Waals surface area contributed by atoms with Gasteiger partial charge in [0.2, 0.25) is 5.91 Å². The molecule has 0 aliphatic rings. The van der Waals surface area contributed by atoms with E-state index < -0.39 is 17.8 Å². The van der Waals surface area contributed by atoms with Crippen molar-refractivity contribution in [2.24, 2.45) is 0 Å². The summed E-state index contributed by atoms with van der Waals surface area (Å²) in [6.07, 6.45) is 0.627. The molecule has 0 aromatic heterocycles. The zero-order valence-corrected chi connectivity index (χ0v) is 12.1. The third-order valence-electron chi connectivity index (χ3n) is 2.35. The summed E-state index contributed by atoms with van der Waals surface area (Å²) in [4.78, 5) is 34.5. The lowest BCUT2D eigenvalue weighted by molar-refractivity contribution is -0.151. The summed E-state index contributed by atoms with van der Waals surface area (Å²) < 4.78 is 9.80. The maximum Gasteiger partial charge on any atom is 0.328 e. The fraction of sp³-hybridized carbons (Fsp3) is 0.692. The predicted molar refractivity (Wildman–Crippen MR) is 72.7 cm³/mol. The second kappa shape index (κ2) is 10.1. The highest BCUT2D eigenvalue weighted by molar-refractivity contribution is 6.26. The van der Waals surface area contributed by atoms with Gasteiger partial charge in [0.05, 0.1) is 18.9 Å². The number of methoxy groups -OCH3 is 1. The molecule has 0 rings (SSSR count). The average molecular weight is 286 g/mol. The molecule has 0 saturated carbocycles. The summed E-state index contributed by atoms with van der Waals surface area (Å²) in [7, 11) is 1.47. The van der Waals surface area contributed by atoms with Crippen LogP contribution in [0.4, 0.5) is 0 Å². The summed E-state index contributed by atoms with van der Waals surface area (Å²) in [5.41, 5.74) is 0. The Labute approximate surface area is 118 Å². The Kier molecular flexibility index (Phi) is 9.19. The minimum absolute atomic E-state index is 0.00587. The van der Waals surface area contributed by atoms with Crippen LogP contribution in [0.5, 0.6) is 0 Å². The van der Waals surface area contributed by atoms with Gasteiger partial charge < -0.3 is 20.2 Å². The van der Waals surface area contributed by atoms with E-state index in [1.807, 2.05) is 0 Å². The molecule has 0 fully saturated rings. The third kappa shape index (κ3) is 8.36. The van der Waals surface area contributed by atoms with Crippen molar-refractivity contribution >= 4 is 23.9 Å². The van der Waals surface area contributed by atoms with Crippen LogP contribution in [0.2, 0.25) is 0 Å². The Balaban J connectivity index is 4.52. The zero-order chi connectivity index (χ0) is 15.5. The van der Waals surface area contributed by atoms with E-state index in [1.54, 1.807) is 13.8 Å². The average Bonchev–Trinajstić information content (AvgIpc) is 2.39. The van der Waals surface area contributed by atoms with E-state index in [0.29, 0.717) is 6.21 Å². The molecule has 7 heteroatoms. The first-order valence-electron chi connectivity index (χ1n) is 6.42. The molecule has 0 aliphatic carbocycles. The normalized spacial score (nSPS) is 11.8. The summed E-state index contributed by atoms with van der Waals surface area (Å²) >= 11 is 0.